The van der Waals surface area contributed by atoms with E-state index in [4.69, 9.17) is 9.47 Å². The highest BCUT2D eigenvalue weighted by Gasteiger charge is 2.16. The molecule has 190 valence electrons. The fourth-order valence-corrected chi connectivity index (χ4v) is 4.88. The number of ether oxygens (including phenoxy) is 2. The van der Waals surface area contributed by atoms with Crippen molar-refractivity contribution in [3.05, 3.63) is 78.0 Å². The van der Waals surface area contributed by atoms with E-state index in [0.29, 0.717) is 30.2 Å². The third kappa shape index (κ3) is 6.14. The SMILES string of the molecule is CCc1[nH]nc2cc(OCCNCC(O)c3cccc(NS(=O)(=O)c4cccc(OC)c4)c3)ccc12. The van der Waals surface area contributed by atoms with E-state index in [1.165, 1.54) is 19.2 Å². The van der Waals surface area contributed by atoms with Crippen molar-refractivity contribution in [1.29, 1.82) is 0 Å². The summed E-state index contributed by atoms with van der Waals surface area (Å²) in [5.74, 6) is 1.18. The largest absolute Gasteiger partial charge is 0.497 e. The van der Waals surface area contributed by atoms with Crippen LogP contribution in [0, 0.1) is 0 Å². The number of benzene rings is 3. The van der Waals surface area contributed by atoms with Gasteiger partial charge in [-0.05, 0) is 48.4 Å². The van der Waals surface area contributed by atoms with E-state index in [-0.39, 0.29) is 11.4 Å². The van der Waals surface area contributed by atoms with E-state index in [0.717, 1.165) is 28.8 Å². The normalized spacial score (nSPS) is 12.4. The van der Waals surface area contributed by atoms with Gasteiger partial charge in [0.2, 0.25) is 0 Å². The standard InChI is InChI=1S/C26H30N4O5S/c1-3-24-23-11-10-21(16-25(23)29-28-24)35-13-12-27-17-26(31)18-6-4-7-19(14-18)30-36(32,33)22-9-5-8-20(15-22)34-2/h4-11,14-16,26-27,30-31H,3,12-13,17H2,1-2H3,(H,28,29). The summed E-state index contributed by atoms with van der Waals surface area (Å²) in [5, 5.41) is 22.2. The van der Waals surface area contributed by atoms with Gasteiger partial charge in [-0.2, -0.15) is 5.10 Å². The molecule has 1 unspecified atom stereocenters. The first-order valence-corrected chi connectivity index (χ1v) is 13.1. The van der Waals surface area contributed by atoms with Gasteiger partial charge in [0.1, 0.15) is 18.1 Å². The molecule has 9 nitrogen and oxygen atoms in total. The first-order valence-electron chi connectivity index (χ1n) is 11.6. The summed E-state index contributed by atoms with van der Waals surface area (Å²) in [4.78, 5) is 0.0895. The van der Waals surface area contributed by atoms with E-state index >= 15 is 0 Å². The number of hydrogen-bond donors (Lipinski definition) is 4. The highest BCUT2D eigenvalue weighted by atomic mass is 32.2. The first-order chi connectivity index (χ1) is 17.4. The zero-order valence-electron chi connectivity index (χ0n) is 20.2. The van der Waals surface area contributed by atoms with Crippen molar-refractivity contribution in [2.24, 2.45) is 0 Å². The third-order valence-corrected chi connectivity index (χ3v) is 7.10. The van der Waals surface area contributed by atoms with Crippen LogP contribution in [0.5, 0.6) is 11.5 Å². The van der Waals surface area contributed by atoms with Crippen LogP contribution in [0.4, 0.5) is 5.69 Å². The minimum Gasteiger partial charge on any atom is -0.497 e. The highest BCUT2D eigenvalue weighted by molar-refractivity contribution is 7.92. The van der Waals surface area contributed by atoms with E-state index in [1.54, 1.807) is 36.4 Å². The number of hydrogen-bond acceptors (Lipinski definition) is 7. The number of aromatic amines is 1. The number of nitrogens with one attached hydrogen (secondary N) is 3. The molecule has 10 heteroatoms. The van der Waals surface area contributed by atoms with Gasteiger partial charge in [0, 0.05) is 42.0 Å². The summed E-state index contributed by atoms with van der Waals surface area (Å²) in [6.45, 7) is 3.31. The maximum Gasteiger partial charge on any atom is 0.262 e. The molecule has 1 heterocycles. The van der Waals surface area contributed by atoms with Crippen LogP contribution in [0.1, 0.15) is 24.3 Å². The predicted molar refractivity (Wildman–Crippen MR) is 139 cm³/mol. The summed E-state index contributed by atoms with van der Waals surface area (Å²) in [6.07, 6.45) is 0.0686. The van der Waals surface area contributed by atoms with E-state index in [1.807, 2.05) is 18.2 Å². The Morgan fingerprint density at radius 3 is 2.69 bits per heavy atom. The molecule has 0 bridgehead atoms. The molecule has 0 aliphatic rings. The number of aromatic nitrogens is 2. The van der Waals surface area contributed by atoms with Gasteiger partial charge in [0.05, 0.1) is 23.6 Å². The molecule has 4 aromatic rings. The minimum absolute atomic E-state index is 0.0895. The molecule has 0 aliphatic carbocycles. The number of aliphatic hydroxyl groups is 1. The Bertz CT molecular complexity index is 1420. The number of fused-ring (bicyclic) bond motifs is 1. The van der Waals surface area contributed by atoms with Crippen LogP contribution >= 0.6 is 0 Å². The fourth-order valence-electron chi connectivity index (χ4n) is 3.80. The number of rotatable bonds is 12. The van der Waals surface area contributed by atoms with Crippen molar-refractivity contribution in [3.8, 4) is 11.5 Å². The van der Waals surface area contributed by atoms with Crippen molar-refractivity contribution in [2.45, 2.75) is 24.3 Å². The summed E-state index contributed by atoms with van der Waals surface area (Å²) >= 11 is 0. The Kier molecular flexibility index (Phi) is 8.09. The Morgan fingerprint density at radius 2 is 1.89 bits per heavy atom. The summed E-state index contributed by atoms with van der Waals surface area (Å²) in [6, 6.07) is 18.7. The Morgan fingerprint density at radius 1 is 1.06 bits per heavy atom. The van der Waals surface area contributed by atoms with Crippen molar-refractivity contribution < 1.29 is 23.0 Å². The number of aliphatic hydroxyl groups excluding tert-OH is 1. The molecular formula is C26H30N4O5S. The molecule has 0 amide bonds. The van der Waals surface area contributed by atoms with E-state index in [2.05, 4.69) is 27.2 Å². The van der Waals surface area contributed by atoms with E-state index < -0.39 is 16.1 Å². The topological polar surface area (TPSA) is 126 Å². The van der Waals surface area contributed by atoms with Gasteiger partial charge in [-0.3, -0.25) is 9.82 Å². The second-order valence-electron chi connectivity index (χ2n) is 8.21. The number of aryl methyl sites for hydroxylation is 1. The lowest BCUT2D eigenvalue weighted by Gasteiger charge is -2.15. The molecule has 4 N–H and O–H groups in total. The lowest BCUT2D eigenvalue weighted by molar-refractivity contribution is 0.172. The van der Waals surface area contributed by atoms with Crippen molar-refractivity contribution >= 4 is 26.6 Å². The highest BCUT2D eigenvalue weighted by Crippen LogP contribution is 2.23. The lowest BCUT2D eigenvalue weighted by atomic mass is 10.1. The smallest absolute Gasteiger partial charge is 0.262 e. The van der Waals surface area contributed by atoms with Gasteiger partial charge >= 0.3 is 0 Å². The zero-order valence-corrected chi connectivity index (χ0v) is 21.0. The molecule has 0 spiro atoms. The molecule has 0 radical (unpaired) electrons. The second-order valence-corrected chi connectivity index (χ2v) is 9.90. The Balaban J connectivity index is 1.27. The average molecular weight is 511 g/mol. The second kappa shape index (κ2) is 11.4. The lowest BCUT2D eigenvalue weighted by Crippen LogP contribution is -2.26. The summed E-state index contributed by atoms with van der Waals surface area (Å²) in [5.41, 5.74) is 2.92. The molecule has 4 rings (SSSR count). The maximum absolute atomic E-state index is 12.7. The molecule has 0 saturated carbocycles. The van der Waals surface area contributed by atoms with Gasteiger partial charge in [0.15, 0.2) is 0 Å². The van der Waals surface area contributed by atoms with Crippen LogP contribution in [0.3, 0.4) is 0 Å². The number of anilines is 1. The van der Waals surface area contributed by atoms with Gasteiger partial charge in [0.25, 0.3) is 10.0 Å². The Labute approximate surface area is 210 Å². The monoisotopic (exact) mass is 510 g/mol. The number of nitrogens with zero attached hydrogens (tertiary/aromatic N) is 1. The molecule has 1 atom stereocenters. The van der Waals surface area contributed by atoms with E-state index in [9.17, 15) is 13.5 Å². The molecule has 0 saturated heterocycles. The molecule has 3 aromatic carbocycles. The van der Waals surface area contributed by atoms with Crippen LogP contribution in [-0.2, 0) is 16.4 Å². The maximum atomic E-state index is 12.7. The van der Waals surface area contributed by atoms with Gasteiger partial charge < -0.3 is 19.9 Å². The van der Waals surface area contributed by atoms with Crippen LogP contribution in [-0.4, -0.2) is 50.5 Å². The van der Waals surface area contributed by atoms with Crippen molar-refractivity contribution in [2.75, 3.05) is 31.5 Å². The van der Waals surface area contributed by atoms with Gasteiger partial charge in [-0.15, -0.1) is 0 Å². The van der Waals surface area contributed by atoms with Crippen LogP contribution in [0.15, 0.2) is 71.6 Å². The summed E-state index contributed by atoms with van der Waals surface area (Å²) < 4.78 is 38.9. The average Bonchev–Trinajstić information content (AvgIpc) is 3.30. The number of methoxy groups -OCH3 is 1. The van der Waals surface area contributed by atoms with Crippen molar-refractivity contribution in [3.63, 3.8) is 0 Å². The van der Waals surface area contributed by atoms with Gasteiger partial charge in [-0.25, -0.2) is 8.42 Å². The number of sulfonamides is 1. The van der Waals surface area contributed by atoms with Crippen LogP contribution in [0.25, 0.3) is 10.9 Å². The van der Waals surface area contributed by atoms with Crippen LogP contribution < -0.4 is 19.5 Å². The zero-order chi connectivity index (χ0) is 25.5. The minimum atomic E-state index is -3.80. The molecule has 0 fully saturated rings. The van der Waals surface area contributed by atoms with Gasteiger partial charge in [-0.1, -0.05) is 25.1 Å². The molecule has 1 aromatic heterocycles. The molecule has 36 heavy (non-hydrogen) atoms. The first kappa shape index (κ1) is 25.5. The predicted octanol–water partition coefficient (Wildman–Crippen LogP) is 3.64. The summed E-state index contributed by atoms with van der Waals surface area (Å²) in [7, 11) is -2.33. The fraction of sp³-hybridized carbons (Fsp3) is 0.269. The third-order valence-electron chi connectivity index (χ3n) is 5.72. The molecular weight excluding hydrogens is 480 g/mol. The number of H-pyrrole nitrogens is 1. The van der Waals surface area contributed by atoms with Crippen LogP contribution in [0.2, 0.25) is 0 Å². The molecule has 0 aliphatic heterocycles. The Hall–Kier alpha value is -3.60. The van der Waals surface area contributed by atoms with Crippen molar-refractivity contribution in [1.82, 2.24) is 15.5 Å². The quantitative estimate of drug-likeness (QED) is 0.214.